The van der Waals surface area contributed by atoms with Crippen LogP contribution in [0.25, 0.3) is 0 Å². The van der Waals surface area contributed by atoms with Crippen molar-refractivity contribution in [2.24, 2.45) is 5.84 Å². The Morgan fingerprint density at radius 3 is 2.70 bits per heavy atom. The zero-order valence-electron chi connectivity index (χ0n) is 11.0. The number of aromatic nitrogens is 1. The summed E-state index contributed by atoms with van der Waals surface area (Å²) in [5.41, 5.74) is 2.11. The number of nitrogens with zero attached hydrogens (tertiary/aromatic N) is 2. The summed E-state index contributed by atoms with van der Waals surface area (Å²) in [5, 5.41) is 8.70. The lowest BCUT2D eigenvalue weighted by Crippen LogP contribution is -2.38. The number of aliphatic hydroxyl groups excluding tert-OH is 1. The van der Waals surface area contributed by atoms with E-state index in [-0.39, 0.29) is 24.3 Å². The van der Waals surface area contributed by atoms with E-state index >= 15 is 0 Å². The van der Waals surface area contributed by atoms with Crippen molar-refractivity contribution in [2.75, 3.05) is 36.6 Å². The minimum atomic E-state index is -0.824. The van der Waals surface area contributed by atoms with Crippen molar-refractivity contribution in [3.05, 3.63) is 17.7 Å². The Morgan fingerprint density at radius 2 is 2.10 bits per heavy atom. The zero-order valence-corrected chi connectivity index (χ0v) is 11.0. The lowest BCUT2D eigenvalue weighted by Gasteiger charge is -2.32. The van der Waals surface area contributed by atoms with Crippen molar-refractivity contribution in [1.29, 1.82) is 0 Å². The summed E-state index contributed by atoms with van der Waals surface area (Å²) in [6.07, 6.45) is 1.45. The lowest BCUT2D eigenvalue weighted by atomic mass is 10.1. The molecule has 0 bridgehead atoms. The highest BCUT2D eigenvalue weighted by molar-refractivity contribution is 5.49. The predicted molar refractivity (Wildman–Crippen MR) is 70.2 cm³/mol. The van der Waals surface area contributed by atoms with Crippen LogP contribution in [0.1, 0.15) is 12.8 Å². The molecule has 4 N–H and O–H groups in total. The molecule has 112 valence electrons. The molecule has 0 aromatic carbocycles. The number of nitrogens with one attached hydrogen (secondary N) is 1. The Bertz CT molecular complexity index is 453. The summed E-state index contributed by atoms with van der Waals surface area (Å²) in [4.78, 5) is 5.59. The van der Waals surface area contributed by atoms with Crippen molar-refractivity contribution in [3.63, 3.8) is 0 Å². The number of piperidine rings is 1. The molecule has 1 saturated heterocycles. The third-order valence-electron chi connectivity index (χ3n) is 3.23. The highest BCUT2D eigenvalue weighted by atomic mass is 19.1. The average Bonchev–Trinajstić information content (AvgIpc) is 2.46. The molecule has 0 aliphatic carbocycles. The normalized spacial score (nSPS) is 16.5. The SMILES string of the molecule is NNc1nc(N2CCC(OCCO)CC2)c(F)cc1F. The number of aliphatic hydroxyl groups is 1. The molecule has 1 aromatic rings. The van der Waals surface area contributed by atoms with Crippen molar-refractivity contribution in [3.8, 4) is 0 Å². The van der Waals surface area contributed by atoms with E-state index in [2.05, 4.69) is 10.4 Å². The van der Waals surface area contributed by atoms with E-state index in [0.29, 0.717) is 32.5 Å². The van der Waals surface area contributed by atoms with Crippen LogP contribution in [0.5, 0.6) is 0 Å². The number of hydrogen-bond donors (Lipinski definition) is 3. The summed E-state index contributed by atoms with van der Waals surface area (Å²) in [5.74, 6) is 3.51. The number of nitrogens with two attached hydrogens (primary N) is 1. The van der Waals surface area contributed by atoms with Crippen LogP contribution in [0.3, 0.4) is 0 Å². The Kier molecular flexibility index (Phi) is 5.05. The molecule has 1 aliphatic heterocycles. The highest BCUT2D eigenvalue weighted by Crippen LogP contribution is 2.25. The van der Waals surface area contributed by atoms with Gasteiger partial charge in [0, 0.05) is 19.2 Å². The number of nitrogen functional groups attached to an aromatic ring is 1. The molecular formula is C12H18F2N4O2. The van der Waals surface area contributed by atoms with Crippen molar-refractivity contribution >= 4 is 11.6 Å². The van der Waals surface area contributed by atoms with Gasteiger partial charge in [0.1, 0.15) is 0 Å². The summed E-state index contributed by atoms with van der Waals surface area (Å²) in [6.45, 7) is 1.39. The monoisotopic (exact) mass is 288 g/mol. The Balaban J connectivity index is 2.03. The smallest absolute Gasteiger partial charge is 0.178 e. The van der Waals surface area contributed by atoms with E-state index in [1.165, 1.54) is 0 Å². The van der Waals surface area contributed by atoms with Gasteiger partial charge in [0.2, 0.25) is 0 Å². The first kappa shape index (κ1) is 14.9. The van der Waals surface area contributed by atoms with E-state index in [0.717, 1.165) is 6.07 Å². The Morgan fingerprint density at radius 1 is 1.40 bits per heavy atom. The van der Waals surface area contributed by atoms with Crippen molar-refractivity contribution in [2.45, 2.75) is 18.9 Å². The van der Waals surface area contributed by atoms with Gasteiger partial charge in [-0.05, 0) is 12.8 Å². The van der Waals surface area contributed by atoms with Gasteiger partial charge in [-0.25, -0.2) is 19.6 Å². The van der Waals surface area contributed by atoms with E-state index in [4.69, 9.17) is 15.7 Å². The molecule has 2 rings (SSSR count). The van der Waals surface area contributed by atoms with Crippen molar-refractivity contribution < 1.29 is 18.6 Å². The maximum Gasteiger partial charge on any atom is 0.178 e. The molecule has 0 atom stereocenters. The molecule has 6 nitrogen and oxygen atoms in total. The van der Waals surface area contributed by atoms with Gasteiger partial charge < -0.3 is 20.2 Å². The van der Waals surface area contributed by atoms with Crippen molar-refractivity contribution in [1.82, 2.24) is 4.98 Å². The van der Waals surface area contributed by atoms with Gasteiger partial charge in [0.25, 0.3) is 0 Å². The first-order valence-corrected chi connectivity index (χ1v) is 6.45. The fourth-order valence-electron chi connectivity index (χ4n) is 2.23. The zero-order chi connectivity index (χ0) is 14.5. The van der Waals surface area contributed by atoms with Gasteiger partial charge in [-0.2, -0.15) is 0 Å². The Labute approximate surface area is 115 Å². The molecule has 0 saturated carbocycles. The highest BCUT2D eigenvalue weighted by Gasteiger charge is 2.24. The van der Waals surface area contributed by atoms with Crippen LogP contribution >= 0.6 is 0 Å². The fourth-order valence-corrected chi connectivity index (χ4v) is 2.23. The third kappa shape index (κ3) is 3.33. The molecule has 1 aliphatic rings. The average molecular weight is 288 g/mol. The summed E-state index contributed by atoms with van der Waals surface area (Å²) >= 11 is 0. The van der Waals surface area contributed by atoms with Gasteiger partial charge in [-0.1, -0.05) is 0 Å². The number of hydrogen-bond acceptors (Lipinski definition) is 6. The number of ether oxygens (including phenoxy) is 1. The first-order valence-electron chi connectivity index (χ1n) is 6.45. The Hall–Kier alpha value is -1.51. The quantitative estimate of drug-likeness (QED) is 0.544. The van der Waals surface area contributed by atoms with Gasteiger partial charge in [0.15, 0.2) is 23.3 Å². The number of rotatable bonds is 5. The minimum Gasteiger partial charge on any atom is -0.394 e. The van der Waals surface area contributed by atoms with E-state index < -0.39 is 11.6 Å². The molecule has 2 heterocycles. The van der Waals surface area contributed by atoms with Crippen LogP contribution in [0, 0.1) is 11.6 Å². The molecule has 1 aromatic heterocycles. The van der Waals surface area contributed by atoms with Crippen LogP contribution in [0.4, 0.5) is 20.4 Å². The topological polar surface area (TPSA) is 83.6 Å². The van der Waals surface area contributed by atoms with Crippen LogP contribution in [0.15, 0.2) is 6.07 Å². The molecule has 0 unspecified atom stereocenters. The number of halogens is 2. The largest absolute Gasteiger partial charge is 0.394 e. The van der Waals surface area contributed by atoms with Gasteiger partial charge >= 0.3 is 0 Å². The van der Waals surface area contributed by atoms with E-state index in [1.807, 2.05) is 0 Å². The van der Waals surface area contributed by atoms with Gasteiger partial charge in [0.05, 0.1) is 19.3 Å². The molecule has 1 fully saturated rings. The second kappa shape index (κ2) is 6.78. The standard InChI is InChI=1S/C12H18F2N4O2/c13-9-7-10(14)12(16-11(9)17-15)18-3-1-8(2-4-18)20-6-5-19/h7-8,19H,1-6,15H2,(H,16,17). The third-order valence-corrected chi connectivity index (χ3v) is 3.23. The number of anilines is 2. The molecule has 0 amide bonds. The molecule has 0 radical (unpaired) electrons. The summed E-state index contributed by atoms with van der Waals surface area (Å²) in [7, 11) is 0. The summed E-state index contributed by atoms with van der Waals surface area (Å²) < 4.78 is 32.5. The van der Waals surface area contributed by atoms with Crippen LogP contribution in [-0.4, -0.2) is 42.5 Å². The van der Waals surface area contributed by atoms with E-state index in [9.17, 15) is 8.78 Å². The minimum absolute atomic E-state index is 0.0140. The van der Waals surface area contributed by atoms with Crippen LogP contribution in [-0.2, 0) is 4.74 Å². The number of hydrazine groups is 1. The van der Waals surface area contributed by atoms with Crippen LogP contribution in [0.2, 0.25) is 0 Å². The maximum absolute atomic E-state index is 13.8. The molecule has 8 heteroatoms. The second-order valence-corrected chi connectivity index (χ2v) is 4.55. The first-order chi connectivity index (χ1) is 9.65. The van der Waals surface area contributed by atoms with E-state index in [1.54, 1.807) is 4.90 Å². The molecule has 0 spiro atoms. The van der Waals surface area contributed by atoms with Gasteiger partial charge in [-0.3, -0.25) is 0 Å². The van der Waals surface area contributed by atoms with Gasteiger partial charge in [-0.15, -0.1) is 0 Å². The number of pyridine rings is 1. The molecule has 20 heavy (non-hydrogen) atoms. The maximum atomic E-state index is 13.8. The fraction of sp³-hybridized carbons (Fsp3) is 0.583. The summed E-state index contributed by atoms with van der Waals surface area (Å²) in [6, 6.07) is 0.770. The molecular weight excluding hydrogens is 270 g/mol. The van der Waals surface area contributed by atoms with Crippen LogP contribution < -0.4 is 16.2 Å². The lowest BCUT2D eigenvalue weighted by molar-refractivity contribution is 0.0158. The second-order valence-electron chi connectivity index (χ2n) is 4.55. The predicted octanol–water partition coefficient (Wildman–Crippen LogP) is 0.623.